The maximum absolute atomic E-state index is 13.5. The number of benzene rings is 4. The molecule has 5 aliphatic heterocycles. The van der Waals surface area contributed by atoms with E-state index in [9.17, 15) is 29.1 Å². The summed E-state index contributed by atoms with van der Waals surface area (Å²) >= 11 is 0. The fourth-order valence-electron chi connectivity index (χ4n) is 10.6. The van der Waals surface area contributed by atoms with Crippen molar-refractivity contribution in [1.82, 2.24) is 20.0 Å². The van der Waals surface area contributed by atoms with Gasteiger partial charge in [-0.05, 0) is 108 Å². The second-order valence-corrected chi connectivity index (χ2v) is 17.0. The predicted molar refractivity (Wildman–Crippen MR) is 212 cm³/mol. The van der Waals surface area contributed by atoms with Crippen molar-refractivity contribution in [3.8, 4) is 5.75 Å². The molecule has 2 N–H and O–H groups in total. The number of fused-ring (bicyclic) bond motifs is 3. The average molecular weight is 764 g/mol. The van der Waals surface area contributed by atoms with Gasteiger partial charge in [0, 0.05) is 62.7 Å². The summed E-state index contributed by atoms with van der Waals surface area (Å²) in [7, 11) is 0. The van der Waals surface area contributed by atoms with Gasteiger partial charge in [0.1, 0.15) is 11.8 Å². The second kappa shape index (κ2) is 13.7. The van der Waals surface area contributed by atoms with Crippen molar-refractivity contribution in [2.24, 2.45) is 5.41 Å². The highest BCUT2D eigenvalue weighted by Gasteiger charge is 2.52. The summed E-state index contributed by atoms with van der Waals surface area (Å²) in [5.41, 5.74) is 9.06. The molecule has 0 aromatic heterocycles. The summed E-state index contributed by atoms with van der Waals surface area (Å²) in [5, 5.41) is 12.5. The lowest BCUT2D eigenvalue weighted by Crippen LogP contribution is -2.73. The zero-order valence-corrected chi connectivity index (χ0v) is 31.8. The highest BCUT2D eigenvalue weighted by Crippen LogP contribution is 2.48. The molecule has 11 heteroatoms. The molecule has 0 bridgehead atoms. The van der Waals surface area contributed by atoms with Crippen LogP contribution >= 0.6 is 0 Å². The van der Waals surface area contributed by atoms with Gasteiger partial charge in [-0.15, -0.1) is 0 Å². The first-order valence-corrected chi connectivity index (χ1v) is 20.2. The van der Waals surface area contributed by atoms with Gasteiger partial charge < -0.3 is 14.9 Å². The molecular formula is C46H45N5O6. The van der Waals surface area contributed by atoms with Gasteiger partial charge >= 0.3 is 0 Å². The Morgan fingerprint density at radius 1 is 0.719 bits per heavy atom. The molecule has 57 heavy (non-hydrogen) atoms. The Kier molecular flexibility index (Phi) is 8.55. The fourth-order valence-corrected chi connectivity index (χ4v) is 10.6. The first-order chi connectivity index (χ1) is 27.6. The van der Waals surface area contributed by atoms with Gasteiger partial charge in [0.25, 0.3) is 11.8 Å². The average Bonchev–Trinajstić information content (AvgIpc) is 3.30. The van der Waals surface area contributed by atoms with Gasteiger partial charge in [0.15, 0.2) is 0 Å². The molecule has 0 radical (unpaired) electrons. The number of likely N-dealkylation sites (tertiary alicyclic amines) is 1. The number of imide groups is 2. The van der Waals surface area contributed by atoms with Crippen molar-refractivity contribution in [3.63, 3.8) is 0 Å². The molecule has 11 nitrogen and oxygen atoms in total. The van der Waals surface area contributed by atoms with E-state index in [-0.39, 0.29) is 41.2 Å². The number of carbonyl (C=O) groups is 5. The number of rotatable bonds is 6. The van der Waals surface area contributed by atoms with E-state index in [1.54, 1.807) is 12.1 Å². The Bertz CT molecular complexity index is 2280. The summed E-state index contributed by atoms with van der Waals surface area (Å²) in [5.74, 6) is -1.02. The third-order valence-corrected chi connectivity index (χ3v) is 13.4. The number of piperidine rings is 1. The van der Waals surface area contributed by atoms with Gasteiger partial charge in [0.05, 0.1) is 17.7 Å². The molecule has 1 spiro atoms. The number of amides is 5. The molecule has 5 heterocycles. The van der Waals surface area contributed by atoms with E-state index in [0.717, 1.165) is 55.0 Å². The predicted octanol–water partition coefficient (Wildman–Crippen LogP) is 4.40. The third-order valence-electron chi connectivity index (χ3n) is 13.4. The molecule has 5 amide bonds. The molecule has 1 aliphatic carbocycles. The van der Waals surface area contributed by atoms with Gasteiger partial charge in [-0.1, -0.05) is 48.5 Å². The smallest absolute Gasteiger partial charge is 0.262 e. The lowest BCUT2D eigenvalue weighted by Gasteiger charge is -2.61. The Hall–Kier alpha value is -5.81. The molecule has 3 saturated heterocycles. The maximum atomic E-state index is 13.5. The lowest BCUT2D eigenvalue weighted by molar-refractivity contribution is -0.137. The minimum absolute atomic E-state index is 0.0807. The van der Waals surface area contributed by atoms with Crippen molar-refractivity contribution in [2.75, 3.05) is 50.7 Å². The number of anilines is 1. The maximum Gasteiger partial charge on any atom is 0.262 e. The van der Waals surface area contributed by atoms with E-state index in [2.05, 4.69) is 75.8 Å². The Balaban J connectivity index is 0.737. The van der Waals surface area contributed by atoms with Crippen LogP contribution in [0.3, 0.4) is 0 Å². The van der Waals surface area contributed by atoms with Crippen LogP contribution in [-0.4, -0.2) is 101 Å². The fraction of sp³-hybridized carbons (Fsp3) is 0.370. The Morgan fingerprint density at radius 2 is 1.40 bits per heavy atom. The van der Waals surface area contributed by atoms with Crippen LogP contribution in [0.15, 0.2) is 84.9 Å². The summed E-state index contributed by atoms with van der Waals surface area (Å²) in [4.78, 5) is 72.0. The normalized spacial score (nSPS) is 23.9. The number of hydrogen-bond donors (Lipinski definition) is 2. The number of aromatic hydroxyl groups is 1. The van der Waals surface area contributed by atoms with Crippen molar-refractivity contribution < 1.29 is 29.1 Å². The molecule has 10 rings (SSSR count). The minimum Gasteiger partial charge on any atom is -0.508 e. The SMILES string of the molecule is O=C1CCC(N2C(=O)c3cc4c(cc3C2=O)CCN(C(=O)CN2CC3(C2)CN(c2ccc([C@@H]5c6ccc(O)cc6CC[C@@H]5c5ccccc5)cc2)C3)CC4)C(=O)N1. The van der Waals surface area contributed by atoms with Crippen LogP contribution in [0, 0.1) is 5.41 Å². The molecular weight excluding hydrogens is 719 g/mol. The van der Waals surface area contributed by atoms with Gasteiger partial charge in [-0.3, -0.25) is 39.1 Å². The van der Waals surface area contributed by atoms with E-state index in [0.29, 0.717) is 44.1 Å². The lowest BCUT2D eigenvalue weighted by atomic mass is 9.69. The molecule has 0 saturated carbocycles. The Labute approximate surface area is 331 Å². The van der Waals surface area contributed by atoms with Crippen LogP contribution in [0.5, 0.6) is 5.75 Å². The zero-order valence-electron chi connectivity index (χ0n) is 31.8. The summed E-state index contributed by atoms with van der Waals surface area (Å²) in [6.45, 7) is 5.18. The number of hydrogen-bond acceptors (Lipinski definition) is 8. The quantitative estimate of drug-likeness (QED) is 0.277. The number of phenols is 1. The number of nitrogens with one attached hydrogen (secondary N) is 1. The molecule has 4 aromatic carbocycles. The highest BCUT2D eigenvalue weighted by molar-refractivity contribution is 6.23. The summed E-state index contributed by atoms with van der Waals surface area (Å²) in [6.07, 6.45) is 3.35. The van der Waals surface area contributed by atoms with E-state index < -0.39 is 29.7 Å². The number of carbonyl (C=O) groups excluding carboxylic acids is 5. The van der Waals surface area contributed by atoms with Crippen LogP contribution in [0.2, 0.25) is 0 Å². The van der Waals surface area contributed by atoms with Crippen LogP contribution in [0.1, 0.15) is 85.2 Å². The van der Waals surface area contributed by atoms with Crippen LogP contribution in [0.4, 0.5) is 5.69 Å². The standard InChI is InChI=1S/C46H45N5O6/c52-34-11-13-36-32(20-34)8-12-35(28-4-2-1-3-5-28)42(36)29-6-9-33(10-7-29)50-26-46(27-50)24-48(25-46)23-41(54)49-18-16-30-21-37-38(22-31(30)17-19-49)45(57)51(44(37)56)39-14-15-40(53)47-43(39)55/h1-7,9-11,13,20-22,35,39,42,52H,8,12,14-19,23-27H2,(H,47,53,55)/t35-,39?,42+/m1/s1. The van der Waals surface area contributed by atoms with Gasteiger partial charge in [-0.25, -0.2) is 0 Å². The molecule has 3 atom stereocenters. The van der Waals surface area contributed by atoms with Gasteiger partial charge in [-0.2, -0.15) is 0 Å². The summed E-state index contributed by atoms with van der Waals surface area (Å²) in [6, 6.07) is 28.3. The topological polar surface area (TPSA) is 131 Å². The first kappa shape index (κ1) is 35.6. The molecule has 290 valence electrons. The third kappa shape index (κ3) is 6.19. The molecule has 3 fully saturated rings. The van der Waals surface area contributed by atoms with Crippen molar-refractivity contribution in [2.45, 2.75) is 56.4 Å². The number of nitrogens with zero attached hydrogens (tertiary/aromatic N) is 4. The number of phenolic OH excluding ortho intramolecular Hbond substituents is 1. The molecule has 6 aliphatic rings. The van der Waals surface area contributed by atoms with Crippen LogP contribution in [-0.2, 0) is 33.6 Å². The highest BCUT2D eigenvalue weighted by atomic mass is 16.3. The van der Waals surface area contributed by atoms with Crippen molar-refractivity contribution in [3.05, 3.63) is 129 Å². The van der Waals surface area contributed by atoms with Gasteiger partial charge in [0.2, 0.25) is 17.7 Å². The molecule has 1 unspecified atom stereocenters. The van der Waals surface area contributed by atoms with E-state index >= 15 is 0 Å². The Morgan fingerprint density at radius 3 is 2.07 bits per heavy atom. The minimum atomic E-state index is -0.990. The second-order valence-electron chi connectivity index (χ2n) is 17.0. The van der Waals surface area contributed by atoms with E-state index in [1.165, 1.54) is 27.9 Å². The molecule has 4 aromatic rings. The zero-order chi connectivity index (χ0) is 39.0. The van der Waals surface area contributed by atoms with Crippen molar-refractivity contribution in [1.29, 1.82) is 0 Å². The largest absolute Gasteiger partial charge is 0.508 e. The number of aryl methyl sites for hydroxylation is 1. The first-order valence-electron chi connectivity index (χ1n) is 20.2. The van der Waals surface area contributed by atoms with Crippen LogP contribution in [0.25, 0.3) is 0 Å². The monoisotopic (exact) mass is 763 g/mol. The van der Waals surface area contributed by atoms with Crippen molar-refractivity contribution >= 4 is 35.2 Å². The van der Waals surface area contributed by atoms with Crippen LogP contribution < -0.4 is 10.2 Å². The van der Waals surface area contributed by atoms with E-state index in [4.69, 9.17) is 0 Å². The summed E-state index contributed by atoms with van der Waals surface area (Å²) < 4.78 is 0. The van der Waals surface area contributed by atoms with E-state index in [1.807, 2.05) is 17.0 Å².